The van der Waals surface area contributed by atoms with Crippen LogP contribution in [0.4, 0.5) is 0 Å². The monoisotopic (exact) mass is 349 g/mol. The summed E-state index contributed by atoms with van der Waals surface area (Å²) in [7, 11) is -3.15. The van der Waals surface area contributed by atoms with E-state index < -0.39 is 10.0 Å². The highest BCUT2D eigenvalue weighted by Crippen LogP contribution is 2.24. The van der Waals surface area contributed by atoms with Crippen molar-refractivity contribution in [2.75, 3.05) is 18.8 Å². The van der Waals surface area contributed by atoms with E-state index in [2.05, 4.69) is 19.7 Å². The second kappa shape index (κ2) is 7.42. The van der Waals surface area contributed by atoms with Gasteiger partial charge in [0.05, 0.1) is 17.5 Å². The molecule has 1 aliphatic rings. The molecule has 7 nitrogen and oxygen atoms in total. The molecule has 2 aromatic heterocycles. The van der Waals surface area contributed by atoms with E-state index in [1.165, 1.54) is 11.3 Å². The van der Waals surface area contributed by atoms with Crippen molar-refractivity contribution in [1.82, 2.24) is 24.4 Å². The van der Waals surface area contributed by atoms with Crippen molar-refractivity contribution in [3.63, 3.8) is 0 Å². The van der Waals surface area contributed by atoms with Crippen LogP contribution in [0.5, 0.6) is 0 Å². The maximum atomic E-state index is 11.6. The van der Waals surface area contributed by atoms with Gasteiger partial charge in [-0.25, -0.2) is 13.1 Å². The second-order valence-electron chi connectivity index (χ2n) is 6.03. The molecule has 0 unspecified atom stereocenters. The number of pyridine rings is 1. The largest absolute Gasteiger partial charge is 0.291 e. The van der Waals surface area contributed by atoms with Crippen molar-refractivity contribution in [1.29, 1.82) is 0 Å². The maximum Gasteiger partial charge on any atom is 0.211 e. The zero-order valence-electron chi connectivity index (χ0n) is 13.8. The highest BCUT2D eigenvalue weighted by atomic mass is 32.2. The summed E-state index contributed by atoms with van der Waals surface area (Å²) < 4.78 is 27.9. The van der Waals surface area contributed by atoms with E-state index >= 15 is 0 Å². The summed E-state index contributed by atoms with van der Waals surface area (Å²) in [4.78, 5) is 6.42. The third-order valence-electron chi connectivity index (χ3n) is 4.29. The van der Waals surface area contributed by atoms with E-state index in [1.54, 1.807) is 19.3 Å². The van der Waals surface area contributed by atoms with Crippen molar-refractivity contribution in [2.24, 2.45) is 0 Å². The molecule has 130 valence electrons. The Bertz CT molecular complexity index is 760. The van der Waals surface area contributed by atoms with Gasteiger partial charge in [0, 0.05) is 44.8 Å². The van der Waals surface area contributed by atoms with Crippen molar-refractivity contribution in [3.05, 3.63) is 48.0 Å². The smallest absolute Gasteiger partial charge is 0.211 e. The molecule has 0 radical (unpaired) electrons. The van der Waals surface area contributed by atoms with Gasteiger partial charge in [-0.15, -0.1) is 0 Å². The Balaban J connectivity index is 1.65. The Hall–Kier alpha value is -1.77. The first-order valence-corrected chi connectivity index (χ1v) is 9.83. The van der Waals surface area contributed by atoms with Crippen molar-refractivity contribution in [2.45, 2.75) is 32.5 Å². The minimum absolute atomic E-state index is 0.110. The fraction of sp³-hybridized carbons (Fsp3) is 0.500. The van der Waals surface area contributed by atoms with E-state index in [9.17, 15) is 8.42 Å². The molecular weight excluding hydrogens is 326 g/mol. The molecule has 0 saturated heterocycles. The number of sulfonamides is 1. The van der Waals surface area contributed by atoms with Crippen LogP contribution < -0.4 is 4.72 Å². The number of fused-ring (bicyclic) bond motifs is 1. The minimum atomic E-state index is -3.15. The lowest BCUT2D eigenvalue weighted by molar-refractivity contribution is 0.162. The Morgan fingerprint density at radius 3 is 2.79 bits per heavy atom. The molecule has 0 amide bonds. The number of nitrogens with one attached hydrogen (secondary N) is 1. The Kier molecular flexibility index (Phi) is 5.27. The molecule has 2 aromatic rings. The quantitative estimate of drug-likeness (QED) is 0.811. The first-order valence-electron chi connectivity index (χ1n) is 8.18. The molecular formula is C16H23N5O2S. The van der Waals surface area contributed by atoms with Crippen molar-refractivity contribution in [3.8, 4) is 0 Å². The predicted octanol–water partition coefficient (Wildman–Crippen LogP) is 1.16. The van der Waals surface area contributed by atoms with E-state index in [4.69, 9.17) is 0 Å². The molecule has 3 heterocycles. The van der Waals surface area contributed by atoms with Gasteiger partial charge in [-0.2, -0.15) is 5.10 Å². The fourth-order valence-electron chi connectivity index (χ4n) is 3.03. The topological polar surface area (TPSA) is 80.1 Å². The fourth-order valence-corrected chi connectivity index (χ4v) is 3.66. The highest BCUT2D eigenvalue weighted by molar-refractivity contribution is 7.89. The van der Waals surface area contributed by atoms with Crippen LogP contribution >= 0.6 is 0 Å². The Morgan fingerprint density at radius 2 is 2.04 bits per heavy atom. The number of hydrogen-bond donors (Lipinski definition) is 1. The first-order chi connectivity index (χ1) is 11.6. The minimum Gasteiger partial charge on any atom is -0.291 e. The van der Waals surface area contributed by atoms with Crippen molar-refractivity contribution < 1.29 is 8.42 Å². The van der Waals surface area contributed by atoms with Gasteiger partial charge < -0.3 is 0 Å². The maximum absolute atomic E-state index is 11.6. The molecule has 24 heavy (non-hydrogen) atoms. The van der Waals surface area contributed by atoms with Crippen LogP contribution in [-0.2, 0) is 23.1 Å². The standard InChI is InChI=1S/C16H23N5O2S/c1-2-24(22,23)19-10-6-16-13-20(11-14-3-7-17-8-4-14)12-15-5-9-18-21(15)16/h3-5,7-9,16,19H,2,6,10-13H2,1H3/t16-/m0/s1. The van der Waals surface area contributed by atoms with Crippen LogP contribution in [-0.4, -0.2) is 46.9 Å². The van der Waals surface area contributed by atoms with Crippen LogP contribution in [0, 0.1) is 0 Å². The molecule has 8 heteroatoms. The van der Waals surface area contributed by atoms with Gasteiger partial charge in [-0.05, 0) is 37.1 Å². The van der Waals surface area contributed by atoms with E-state index in [0.29, 0.717) is 6.54 Å². The number of rotatable bonds is 7. The highest BCUT2D eigenvalue weighted by Gasteiger charge is 2.25. The predicted molar refractivity (Wildman–Crippen MR) is 91.7 cm³/mol. The second-order valence-corrected chi connectivity index (χ2v) is 8.13. The van der Waals surface area contributed by atoms with Crippen LogP contribution in [0.25, 0.3) is 0 Å². The summed E-state index contributed by atoms with van der Waals surface area (Å²) in [6.07, 6.45) is 6.15. The normalized spacial score (nSPS) is 18.5. The number of aromatic nitrogens is 3. The first kappa shape index (κ1) is 17.1. The lowest BCUT2D eigenvalue weighted by Gasteiger charge is -2.34. The van der Waals surface area contributed by atoms with Crippen LogP contribution in [0.3, 0.4) is 0 Å². The lowest BCUT2D eigenvalue weighted by Crippen LogP contribution is -2.39. The third-order valence-corrected chi connectivity index (χ3v) is 5.69. The third kappa shape index (κ3) is 4.19. The number of nitrogens with zero attached hydrogens (tertiary/aromatic N) is 4. The van der Waals surface area contributed by atoms with E-state index in [0.717, 1.165) is 26.1 Å². The molecule has 1 N–H and O–H groups in total. The SMILES string of the molecule is CCS(=O)(=O)NCC[C@H]1CN(Cc2ccncc2)Cc2ccnn21. The van der Waals surface area contributed by atoms with Gasteiger partial charge >= 0.3 is 0 Å². The van der Waals surface area contributed by atoms with Gasteiger partial charge in [-0.1, -0.05) is 0 Å². The zero-order valence-corrected chi connectivity index (χ0v) is 14.6. The molecule has 1 aliphatic heterocycles. The van der Waals surface area contributed by atoms with Crippen molar-refractivity contribution >= 4 is 10.0 Å². The molecule has 1 atom stereocenters. The molecule has 0 aliphatic carbocycles. The molecule has 0 fully saturated rings. The summed E-state index contributed by atoms with van der Waals surface area (Å²) in [6, 6.07) is 6.25. The van der Waals surface area contributed by atoms with Crippen LogP contribution in [0.2, 0.25) is 0 Å². The lowest BCUT2D eigenvalue weighted by atomic mass is 10.1. The van der Waals surface area contributed by atoms with Gasteiger partial charge in [0.1, 0.15) is 0 Å². The Labute approximate surface area is 142 Å². The van der Waals surface area contributed by atoms with Crippen LogP contribution in [0.1, 0.15) is 30.6 Å². The number of hydrogen-bond acceptors (Lipinski definition) is 5. The molecule has 0 saturated carbocycles. The summed E-state index contributed by atoms with van der Waals surface area (Å²) in [6.45, 7) is 4.63. The van der Waals surface area contributed by atoms with E-state index in [-0.39, 0.29) is 11.8 Å². The average molecular weight is 349 g/mol. The van der Waals surface area contributed by atoms with Gasteiger partial charge in [0.25, 0.3) is 0 Å². The summed E-state index contributed by atoms with van der Waals surface area (Å²) in [5, 5.41) is 4.42. The molecule has 0 spiro atoms. The van der Waals surface area contributed by atoms with Crippen LogP contribution in [0.15, 0.2) is 36.8 Å². The van der Waals surface area contributed by atoms with Gasteiger partial charge in [0.15, 0.2) is 0 Å². The summed E-state index contributed by atoms with van der Waals surface area (Å²) >= 11 is 0. The summed E-state index contributed by atoms with van der Waals surface area (Å²) in [5.41, 5.74) is 2.39. The van der Waals surface area contributed by atoms with Gasteiger partial charge in [0.2, 0.25) is 10.0 Å². The average Bonchev–Trinajstić information content (AvgIpc) is 3.04. The molecule has 0 bridgehead atoms. The van der Waals surface area contributed by atoms with E-state index in [1.807, 2.05) is 29.1 Å². The zero-order chi connectivity index (χ0) is 17.0. The Morgan fingerprint density at radius 1 is 1.25 bits per heavy atom. The summed E-state index contributed by atoms with van der Waals surface area (Å²) in [5.74, 6) is 0.110. The molecule has 3 rings (SSSR count). The van der Waals surface area contributed by atoms with Gasteiger partial charge in [-0.3, -0.25) is 14.6 Å². The molecule has 0 aromatic carbocycles.